The Labute approximate surface area is 211 Å². The van der Waals surface area contributed by atoms with E-state index in [1.807, 2.05) is 43.3 Å². The van der Waals surface area contributed by atoms with Crippen LogP contribution in [0.2, 0.25) is 0 Å². The molecule has 2 aromatic carbocycles. The molecule has 1 fully saturated rings. The summed E-state index contributed by atoms with van der Waals surface area (Å²) in [6, 6.07) is 11.7. The molecule has 0 radical (unpaired) electrons. The standard InChI is InChI=1S/C25H29N7O5/c1-31(2)17-6-5-14-9-16(4-3-15(14)10-17)23(35)26-7-8-27-25-29-22-21(24(36)30-25)28-13-32(22)20-11-18(34)19(12-33)37-20/h3-6,9-10,13,18-20,33-34H,7-8,11-12H2,1-2H3,(H,26,35)(H2,27,29,30,36)/t18-,19+,20+/m0/s1. The highest BCUT2D eigenvalue weighted by Crippen LogP contribution is 2.30. The van der Waals surface area contributed by atoms with Crippen molar-refractivity contribution in [3.8, 4) is 0 Å². The van der Waals surface area contributed by atoms with Crippen molar-refractivity contribution in [1.82, 2.24) is 24.8 Å². The van der Waals surface area contributed by atoms with Gasteiger partial charge < -0.3 is 30.5 Å². The molecule has 1 aliphatic heterocycles. The van der Waals surface area contributed by atoms with Crippen molar-refractivity contribution in [1.29, 1.82) is 0 Å². The number of hydrogen-bond acceptors (Lipinski definition) is 9. The highest BCUT2D eigenvalue weighted by Gasteiger charge is 2.35. The number of carbonyl (C=O) groups is 1. The average molecular weight is 508 g/mol. The molecule has 12 nitrogen and oxygen atoms in total. The zero-order valence-corrected chi connectivity index (χ0v) is 20.5. The van der Waals surface area contributed by atoms with Gasteiger partial charge in [0.1, 0.15) is 12.3 Å². The predicted octanol–water partition coefficient (Wildman–Crippen LogP) is 0.821. The van der Waals surface area contributed by atoms with E-state index in [0.29, 0.717) is 24.3 Å². The highest BCUT2D eigenvalue weighted by atomic mass is 16.5. The van der Waals surface area contributed by atoms with E-state index in [9.17, 15) is 19.8 Å². The normalized spacial score (nSPS) is 19.4. The topological polar surface area (TPSA) is 158 Å². The molecule has 2 aromatic heterocycles. The molecule has 0 saturated carbocycles. The van der Waals surface area contributed by atoms with Crippen molar-refractivity contribution in [3.05, 3.63) is 58.6 Å². The number of imidazole rings is 1. The second kappa shape index (κ2) is 10.2. The summed E-state index contributed by atoms with van der Waals surface area (Å²) in [7, 11) is 3.97. The molecule has 1 amide bonds. The first-order chi connectivity index (χ1) is 17.8. The largest absolute Gasteiger partial charge is 0.394 e. The molecule has 3 atom stereocenters. The van der Waals surface area contributed by atoms with Crippen LogP contribution in [-0.2, 0) is 4.74 Å². The van der Waals surface area contributed by atoms with Gasteiger partial charge in [-0.3, -0.25) is 19.1 Å². The van der Waals surface area contributed by atoms with E-state index >= 15 is 0 Å². The smallest absolute Gasteiger partial charge is 0.280 e. The number of H-pyrrole nitrogens is 1. The Morgan fingerprint density at radius 3 is 2.76 bits per heavy atom. The van der Waals surface area contributed by atoms with E-state index in [4.69, 9.17) is 4.74 Å². The summed E-state index contributed by atoms with van der Waals surface area (Å²) in [5, 5.41) is 27.3. The number of amides is 1. The summed E-state index contributed by atoms with van der Waals surface area (Å²) in [5.41, 5.74) is 1.65. The zero-order chi connectivity index (χ0) is 26.1. The van der Waals surface area contributed by atoms with Gasteiger partial charge in [0, 0.05) is 44.9 Å². The van der Waals surface area contributed by atoms with Gasteiger partial charge in [-0.05, 0) is 35.0 Å². The number of fused-ring (bicyclic) bond motifs is 2. The van der Waals surface area contributed by atoms with E-state index in [0.717, 1.165) is 16.5 Å². The lowest BCUT2D eigenvalue weighted by atomic mass is 10.1. The summed E-state index contributed by atoms with van der Waals surface area (Å²) in [4.78, 5) is 38.4. The van der Waals surface area contributed by atoms with Crippen molar-refractivity contribution < 1.29 is 19.7 Å². The van der Waals surface area contributed by atoms with Crippen LogP contribution in [0.1, 0.15) is 23.0 Å². The van der Waals surface area contributed by atoms with Gasteiger partial charge in [0.05, 0.1) is 19.0 Å². The Hall–Kier alpha value is -4.00. The van der Waals surface area contributed by atoms with Crippen LogP contribution in [0.5, 0.6) is 0 Å². The Morgan fingerprint density at radius 2 is 2.00 bits per heavy atom. The molecular formula is C25H29N7O5. The van der Waals surface area contributed by atoms with Crippen molar-refractivity contribution in [2.24, 2.45) is 0 Å². The second-order valence-corrected chi connectivity index (χ2v) is 9.18. The van der Waals surface area contributed by atoms with Crippen LogP contribution in [0.25, 0.3) is 21.9 Å². The van der Waals surface area contributed by atoms with E-state index in [1.54, 1.807) is 10.6 Å². The number of aromatic nitrogens is 4. The van der Waals surface area contributed by atoms with Crippen LogP contribution >= 0.6 is 0 Å². The van der Waals surface area contributed by atoms with E-state index < -0.39 is 24.0 Å². The molecule has 12 heteroatoms. The van der Waals surface area contributed by atoms with Crippen molar-refractivity contribution in [2.75, 3.05) is 44.0 Å². The summed E-state index contributed by atoms with van der Waals surface area (Å²) >= 11 is 0. The van der Waals surface area contributed by atoms with Crippen molar-refractivity contribution >= 4 is 39.5 Å². The van der Waals surface area contributed by atoms with E-state index in [2.05, 4.69) is 31.7 Å². The highest BCUT2D eigenvalue weighted by molar-refractivity contribution is 5.99. The molecule has 194 valence electrons. The Kier molecular flexibility index (Phi) is 6.78. The maximum atomic E-state index is 12.7. The minimum atomic E-state index is -0.825. The molecule has 4 aromatic rings. The SMILES string of the molecule is CN(C)c1ccc2cc(C(=O)NCCNc3nc4c(ncn4[C@H]4C[C@H](O)[C@@H](CO)O4)c(=O)[nH]3)ccc2c1. The maximum absolute atomic E-state index is 12.7. The molecule has 5 N–H and O–H groups in total. The third-order valence-electron chi connectivity index (χ3n) is 6.43. The molecule has 5 rings (SSSR count). The number of aromatic amines is 1. The quantitative estimate of drug-likeness (QED) is 0.218. The first-order valence-corrected chi connectivity index (χ1v) is 12.0. The molecule has 0 unspecified atom stereocenters. The molecule has 3 heterocycles. The fraction of sp³-hybridized carbons (Fsp3) is 0.360. The Bertz CT molecular complexity index is 1500. The van der Waals surface area contributed by atoms with Crippen LogP contribution in [0.4, 0.5) is 11.6 Å². The number of aliphatic hydroxyl groups is 2. The number of benzene rings is 2. The van der Waals surface area contributed by atoms with Crippen LogP contribution < -0.4 is 21.1 Å². The molecule has 37 heavy (non-hydrogen) atoms. The lowest BCUT2D eigenvalue weighted by Crippen LogP contribution is -2.29. The first kappa shape index (κ1) is 24.7. The number of rotatable bonds is 8. The minimum absolute atomic E-state index is 0.137. The molecule has 0 spiro atoms. The number of anilines is 2. The minimum Gasteiger partial charge on any atom is -0.394 e. The number of nitrogens with one attached hydrogen (secondary N) is 3. The molecule has 1 aliphatic rings. The van der Waals surface area contributed by atoms with Crippen molar-refractivity contribution in [3.63, 3.8) is 0 Å². The Balaban J connectivity index is 1.22. The maximum Gasteiger partial charge on any atom is 0.280 e. The van der Waals surface area contributed by atoms with Crippen LogP contribution in [0.3, 0.4) is 0 Å². The molecule has 0 aliphatic carbocycles. The number of carbonyl (C=O) groups excluding carboxylic acids is 1. The summed E-state index contributed by atoms with van der Waals surface area (Å²) in [6.07, 6.45) is -0.461. The molecule has 1 saturated heterocycles. The van der Waals surface area contributed by atoms with Crippen LogP contribution in [-0.4, -0.2) is 81.6 Å². The number of hydrogen-bond donors (Lipinski definition) is 5. The lowest BCUT2D eigenvalue weighted by Gasteiger charge is -2.14. The van der Waals surface area contributed by atoms with Gasteiger partial charge in [-0.25, -0.2) is 4.98 Å². The van der Waals surface area contributed by atoms with Gasteiger partial charge in [-0.2, -0.15) is 4.98 Å². The van der Waals surface area contributed by atoms with Gasteiger partial charge in [0.2, 0.25) is 5.95 Å². The summed E-state index contributed by atoms with van der Waals surface area (Å²) in [5.74, 6) is 0.0129. The van der Waals surface area contributed by atoms with E-state index in [-0.39, 0.29) is 30.4 Å². The lowest BCUT2D eigenvalue weighted by molar-refractivity contribution is -0.0432. The number of nitrogens with zero attached hydrogens (tertiary/aromatic N) is 4. The van der Waals surface area contributed by atoms with Gasteiger partial charge in [-0.15, -0.1) is 0 Å². The third kappa shape index (κ3) is 4.99. The van der Waals surface area contributed by atoms with Crippen LogP contribution in [0, 0.1) is 0 Å². The molecular weight excluding hydrogens is 478 g/mol. The van der Waals surface area contributed by atoms with E-state index in [1.165, 1.54) is 6.33 Å². The summed E-state index contributed by atoms with van der Waals surface area (Å²) < 4.78 is 7.23. The average Bonchev–Trinajstić information content (AvgIpc) is 3.49. The first-order valence-electron chi connectivity index (χ1n) is 12.0. The van der Waals surface area contributed by atoms with Gasteiger partial charge in [-0.1, -0.05) is 12.1 Å². The third-order valence-corrected chi connectivity index (χ3v) is 6.43. The van der Waals surface area contributed by atoms with Gasteiger partial charge in [0.25, 0.3) is 11.5 Å². The van der Waals surface area contributed by atoms with Crippen molar-refractivity contribution in [2.45, 2.75) is 24.9 Å². The Morgan fingerprint density at radius 1 is 1.22 bits per heavy atom. The fourth-order valence-corrected chi connectivity index (χ4v) is 4.38. The predicted molar refractivity (Wildman–Crippen MR) is 139 cm³/mol. The molecule has 0 bridgehead atoms. The summed E-state index contributed by atoms with van der Waals surface area (Å²) in [6.45, 7) is 0.306. The second-order valence-electron chi connectivity index (χ2n) is 9.18. The number of ether oxygens (including phenoxy) is 1. The zero-order valence-electron chi connectivity index (χ0n) is 20.5. The monoisotopic (exact) mass is 507 g/mol. The van der Waals surface area contributed by atoms with Gasteiger partial charge in [0.15, 0.2) is 11.2 Å². The van der Waals surface area contributed by atoms with Crippen LogP contribution in [0.15, 0.2) is 47.5 Å². The number of aliphatic hydroxyl groups excluding tert-OH is 2. The van der Waals surface area contributed by atoms with Gasteiger partial charge >= 0.3 is 0 Å². The fourth-order valence-electron chi connectivity index (χ4n) is 4.38.